The zero-order valence-electron chi connectivity index (χ0n) is 35.1. The molecular weight excluding hydrogens is 747 g/mol. The molecule has 1 unspecified atom stereocenters. The van der Waals surface area contributed by atoms with Crippen molar-refractivity contribution in [2.24, 2.45) is 4.99 Å². The van der Waals surface area contributed by atoms with Crippen LogP contribution in [0.4, 0.5) is 0 Å². The second-order valence-electron chi connectivity index (χ2n) is 17.2. The number of allylic oxidation sites excluding steroid dienone is 1. The smallest absolute Gasteiger partial charge is 0.245 e. The topological polar surface area (TPSA) is 97.4 Å². The molecule has 10 nitrogen and oxygen atoms in total. The summed E-state index contributed by atoms with van der Waals surface area (Å²) in [6, 6.07) is 34.4. The van der Waals surface area contributed by atoms with Gasteiger partial charge in [-0.25, -0.2) is 4.98 Å². The van der Waals surface area contributed by atoms with E-state index in [0.717, 1.165) is 103 Å². The lowest BCUT2D eigenvalue weighted by Gasteiger charge is -2.32. The van der Waals surface area contributed by atoms with E-state index in [9.17, 15) is 9.59 Å². The van der Waals surface area contributed by atoms with Crippen molar-refractivity contribution in [3.63, 3.8) is 0 Å². The number of fused-ring (bicyclic) bond motifs is 1. The molecule has 2 saturated heterocycles. The molecule has 4 heterocycles. The highest BCUT2D eigenvalue weighted by atomic mass is 16.5. The number of H-pyrrole nitrogens is 1. The molecule has 2 amide bonds. The first-order chi connectivity index (χ1) is 29.2. The maximum atomic E-state index is 14.0. The van der Waals surface area contributed by atoms with Crippen LogP contribution in [0.25, 0.3) is 16.8 Å². The number of aromatic amines is 1. The lowest BCUT2D eigenvalue weighted by Crippen LogP contribution is -2.45. The Morgan fingerprint density at radius 1 is 0.717 bits per heavy atom. The van der Waals surface area contributed by atoms with Gasteiger partial charge in [0.05, 0.1) is 24.0 Å². The molecule has 1 aliphatic carbocycles. The molecule has 308 valence electrons. The van der Waals surface area contributed by atoms with Crippen molar-refractivity contribution in [2.45, 2.75) is 75.2 Å². The normalized spacial score (nSPS) is 21.0. The number of rotatable bonds is 12. The lowest BCUT2D eigenvalue weighted by atomic mass is 9.97. The molecule has 0 saturated carbocycles. The first kappa shape index (κ1) is 39.6. The van der Waals surface area contributed by atoms with Crippen LogP contribution in [-0.4, -0.2) is 101 Å². The van der Waals surface area contributed by atoms with Crippen molar-refractivity contribution >= 4 is 23.1 Å². The van der Waals surface area contributed by atoms with Gasteiger partial charge in [-0.15, -0.1) is 0 Å². The lowest BCUT2D eigenvalue weighted by molar-refractivity contribution is -0.137. The predicted molar refractivity (Wildman–Crippen MR) is 236 cm³/mol. The third-order valence-corrected chi connectivity index (χ3v) is 12.8. The van der Waals surface area contributed by atoms with E-state index in [4.69, 9.17) is 14.7 Å². The quantitative estimate of drug-likeness (QED) is 0.137. The van der Waals surface area contributed by atoms with E-state index in [0.29, 0.717) is 0 Å². The van der Waals surface area contributed by atoms with Crippen molar-refractivity contribution in [1.29, 1.82) is 0 Å². The van der Waals surface area contributed by atoms with Crippen molar-refractivity contribution in [3.05, 3.63) is 149 Å². The van der Waals surface area contributed by atoms with Gasteiger partial charge < -0.3 is 19.5 Å². The van der Waals surface area contributed by atoms with Gasteiger partial charge in [-0.2, -0.15) is 0 Å². The summed E-state index contributed by atoms with van der Waals surface area (Å²) >= 11 is 0. The van der Waals surface area contributed by atoms with E-state index in [1.165, 1.54) is 16.7 Å². The number of carbonyl (C=O) groups excluding carboxylic acids is 2. The van der Waals surface area contributed by atoms with Crippen LogP contribution in [0.5, 0.6) is 5.75 Å². The van der Waals surface area contributed by atoms with Gasteiger partial charge in [0.15, 0.2) is 0 Å². The number of aromatic nitrogens is 2. The fourth-order valence-electron chi connectivity index (χ4n) is 9.85. The van der Waals surface area contributed by atoms with Gasteiger partial charge in [0.1, 0.15) is 29.8 Å². The number of hydrogen-bond acceptors (Lipinski definition) is 7. The fourth-order valence-corrected chi connectivity index (χ4v) is 9.85. The van der Waals surface area contributed by atoms with Crippen LogP contribution in [0.3, 0.4) is 0 Å². The number of benzene rings is 4. The number of likely N-dealkylation sites (N-methyl/N-ethyl adjacent to an activating group) is 2. The third kappa shape index (κ3) is 7.94. The van der Waals surface area contributed by atoms with Crippen LogP contribution in [-0.2, 0) is 22.4 Å². The minimum absolute atomic E-state index is 0.0227. The summed E-state index contributed by atoms with van der Waals surface area (Å²) in [6.07, 6.45) is 10.1. The number of hydrogen-bond donors (Lipinski definition) is 1. The van der Waals surface area contributed by atoms with E-state index >= 15 is 0 Å². The Balaban J connectivity index is 0.803. The van der Waals surface area contributed by atoms with Gasteiger partial charge >= 0.3 is 0 Å². The summed E-state index contributed by atoms with van der Waals surface area (Å²) in [5, 5.41) is 0. The van der Waals surface area contributed by atoms with Crippen LogP contribution in [0, 0.1) is 0 Å². The molecule has 0 bridgehead atoms. The molecule has 9 rings (SSSR count). The molecule has 2 fully saturated rings. The average Bonchev–Trinajstić information content (AvgIpc) is 4.11. The number of nitrogens with one attached hydrogen (secondary N) is 1. The van der Waals surface area contributed by atoms with Gasteiger partial charge in [0.25, 0.3) is 0 Å². The van der Waals surface area contributed by atoms with E-state index in [1.54, 1.807) is 0 Å². The zero-order chi connectivity index (χ0) is 41.3. The van der Waals surface area contributed by atoms with Gasteiger partial charge in [-0.05, 0) is 111 Å². The van der Waals surface area contributed by atoms with Gasteiger partial charge in [-0.1, -0.05) is 84.9 Å². The number of nitrogens with zero attached hydrogens (tertiary/aromatic N) is 6. The highest BCUT2D eigenvalue weighted by molar-refractivity contribution is 6.03. The molecule has 0 spiro atoms. The Morgan fingerprint density at radius 2 is 1.30 bits per heavy atom. The maximum Gasteiger partial charge on any atom is 0.245 e. The Bertz CT molecular complexity index is 2390. The van der Waals surface area contributed by atoms with E-state index in [2.05, 4.69) is 52.3 Å². The summed E-state index contributed by atoms with van der Waals surface area (Å²) < 4.78 is 6.56. The average molecular weight is 802 g/mol. The monoisotopic (exact) mass is 801 g/mol. The molecule has 5 atom stereocenters. The number of carbonyl (C=O) groups is 2. The Kier molecular flexibility index (Phi) is 11.2. The first-order valence-corrected chi connectivity index (χ1v) is 21.5. The molecule has 60 heavy (non-hydrogen) atoms. The van der Waals surface area contributed by atoms with Gasteiger partial charge in [-0.3, -0.25) is 24.4 Å². The molecule has 4 aromatic carbocycles. The zero-order valence-corrected chi connectivity index (χ0v) is 35.1. The van der Waals surface area contributed by atoms with Gasteiger partial charge in [0, 0.05) is 44.3 Å². The maximum absolute atomic E-state index is 14.0. The van der Waals surface area contributed by atoms with Gasteiger partial charge in [0.2, 0.25) is 11.8 Å². The number of aliphatic imine (C=N–C) groups is 1. The SMILES string of the molecule is CN(C)[C@@H](C(=O)N1CCC[C@H]1C1=NC=C(c2ccc(OC3Cc4ccc(-c5cnc([C@@H]6CCCN6C(=O)[C@@H](c6ccccc6)N(C)C)[nH]5)cc4C3)cc2)C1)c1ccccc1. The molecule has 1 aromatic heterocycles. The molecule has 0 radical (unpaired) electrons. The molecule has 10 heteroatoms. The second kappa shape index (κ2) is 17.0. The summed E-state index contributed by atoms with van der Waals surface area (Å²) in [5.41, 5.74) is 10.0. The largest absolute Gasteiger partial charge is 0.490 e. The van der Waals surface area contributed by atoms with Crippen LogP contribution in [0.15, 0.2) is 121 Å². The van der Waals surface area contributed by atoms with Crippen molar-refractivity contribution < 1.29 is 14.3 Å². The van der Waals surface area contributed by atoms with Crippen LogP contribution < -0.4 is 4.74 Å². The molecule has 1 N–H and O–H groups in total. The summed E-state index contributed by atoms with van der Waals surface area (Å²) in [4.78, 5) is 49.3. The molecular formula is C50H55N7O3. The first-order valence-electron chi connectivity index (χ1n) is 21.5. The summed E-state index contributed by atoms with van der Waals surface area (Å²) in [6.45, 7) is 1.48. The van der Waals surface area contributed by atoms with E-state index in [-0.39, 0.29) is 42.1 Å². The minimum atomic E-state index is -0.339. The van der Waals surface area contributed by atoms with Crippen molar-refractivity contribution in [2.75, 3.05) is 41.3 Å². The van der Waals surface area contributed by atoms with E-state index < -0.39 is 0 Å². The Morgan fingerprint density at radius 3 is 1.93 bits per heavy atom. The number of ether oxygens (including phenoxy) is 1. The standard InChI is InChI=1S/C50H55N7O3/c1-54(2)46(34-13-7-5-8-14-34)49(58)56-25-11-17-44(56)42-30-39(31-51-42)33-21-23-40(24-22-33)60-41-28-36-19-20-37(27-38(36)29-41)43-32-52-48(53-43)45-18-12-26-57(45)50(59)47(55(3)4)35-15-9-6-10-16-35/h5-10,13-16,19-24,27,31-32,41,44-47H,11-12,17-18,25-26,28-30H2,1-4H3,(H,52,53)/t41?,44-,45-,46+,47+/m0/s1. The number of imidazole rings is 1. The minimum Gasteiger partial charge on any atom is -0.490 e. The summed E-state index contributed by atoms with van der Waals surface area (Å²) in [7, 11) is 7.89. The predicted octanol–water partition coefficient (Wildman–Crippen LogP) is 8.07. The number of likely N-dealkylation sites (tertiary alicyclic amines) is 2. The van der Waals surface area contributed by atoms with E-state index in [1.807, 2.05) is 116 Å². The molecule has 5 aromatic rings. The van der Waals surface area contributed by atoms with Crippen molar-refractivity contribution in [1.82, 2.24) is 29.6 Å². The van der Waals surface area contributed by atoms with Crippen LogP contribution in [0.1, 0.15) is 83.9 Å². The third-order valence-electron chi connectivity index (χ3n) is 12.8. The number of amides is 2. The highest BCUT2D eigenvalue weighted by Gasteiger charge is 2.39. The van der Waals surface area contributed by atoms with Crippen LogP contribution in [0.2, 0.25) is 0 Å². The molecule has 3 aliphatic heterocycles. The Hall–Kier alpha value is -5.84. The van der Waals surface area contributed by atoms with Crippen molar-refractivity contribution in [3.8, 4) is 17.0 Å². The summed E-state index contributed by atoms with van der Waals surface area (Å²) in [5.74, 6) is 1.96. The Labute approximate surface area is 353 Å². The fraction of sp³-hybridized carbons (Fsp3) is 0.360. The second-order valence-corrected chi connectivity index (χ2v) is 17.2. The molecule has 4 aliphatic rings. The van der Waals surface area contributed by atoms with Crippen LogP contribution >= 0.6 is 0 Å². The highest BCUT2D eigenvalue weighted by Crippen LogP contribution is 2.37.